The lowest BCUT2D eigenvalue weighted by Gasteiger charge is -2.09. The molecule has 1 aromatic heterocycles. The summed E-state index contributed by atoms with van der Waals surface area (Å²) in [7, 11) is 0. The SMILES string of the molecule is CCCc1c(Cl)nc(-c2ccc(C(C)C)cc2)nc1Cl. The molecular formula is C16H18Cl2N2. The van der Waals surface area contributed by atoms with Gasteiger partial charge in [-0.05, 0) is 17.9 Å². The van der Waals surface area contributed by atoms with Gasteiger partial charge in [0.15, 0.2) is 5.82 Å². The number of rotatable bonds is 4. The Labute approximate surface area is 130 Å². The van der Waals surface area contributed by atoms with Crippen molar-refractivity contribution < 1.29 is 0 Å². The highest BCUT2D eigenvalue weighted by atomic mass is 35.5. The van der Waals surface area contributed by atoms with Gasteiger partial charge in [-0.25, -0.2) is 9.97 Å². The Hall–Kier alpha value is -1.12. The van der Waals surface area contributed by atoms with Crippen molar-refractivity contribution in [2.24, 2.45) is 0 Å². The average molecular weight is 309 g/mol. The average Bonchev–Trinajstić information content (AvgIpc) is 2.42. The third kappa shape index (κ3) is 3.31. The smallest absolute Gasteiger partial charge is 0.162 e. The topological polar surface area (TPSA) is 25.8 Å². The summed E-state index contributed by atoms with van der Waals surface area (Å²) in [6, 6.07) is 8.20. The van der Waals surface area contributed by atoms with Crippen LogP contribution >= 0.6 is 23.2 Å². The van der Waals surface area contributed by atoms with E-state index in [1.807, 2.05) is 12.1 Å². The van der Waals surface area contributed by atoms with Crippen molar-refractivity contribution in [3.05, 3.63) is 45.7 Å². The van der Waals surface area contributed by atoms with Gasteiger partial charge in [-0.1, -0.05) is 74.7 Å². The second-order valence-electron chi connectivity index (χ2n) is 5.13. The van der Waals surface area contributed by atoms with E-state index in [1.54, 1.807) is 0 Å². The quantitative estimate of drug-likeness (QED) is 0.694. The van der Waals surface area contributed by atoms with Crippen LogP contribution in [0.3, 0.4) is 0 Å². The fourth-order valence-electron chi connectivity index (χ4n) is 2.03. The van der Waals surface area contributed by atoms with Crippen LogP contribution in [0.5, 0.6) is 0 Å². The number of benzene rings is 1. The highest BCUT2D eigenvalue weighted by Crippen LogP contribution is 2.27. The summed E-state index contributed by atoms with van der Waals surface area (Å²) in [4.78, 5) is 8.73. The molecule has 0 radical (unpaired) electrons. The van der Waals surface area contributed by atoms with Crippen molar-refractivity contribution in [3.8, 4) is 11.4 Å². The predicted molar refractivity (Wildman–Crippen MR) is 85.6 cm³/mol. The molecule has 0 aliphatic carbocycles. The standard InChI is InChI=1S/C16H18Cl2N2/c1-4-5-13-14(17)19-16(20-15(13)18)12-8-6-11(7-9-12)10(2)3/h6-10H,4-5H2,1-3H3. The van der Waals surface area contributed by atoms with E-state index in [0.717, 1.165) is 24.0 Å². The number of nitrogens with zero attached hydrogens (tertiary/aromatic N) is 2. The van der Waals surface area contributed by atoms with Gasteiger partial charge in [0.2, 0.25) is 0 Å². The number of halogens is 2. The molecule has 0 amide bonds. The Balaban J connectivity index is 2.38. The third-order valence-corrected chi connectivity index (χ3v) is 3.87. The van der Waals surface area contributed by atoms with Gasteiger partial charge < -0.3 is 0 Å². The van der Waals surface area contributed by atoms with Crippen LogP contribution in [-0.2, 0) is 6.42 Å². The second kappa shape index (κ2) is 6.55. The maximum atomic E-state index is 6.21. The summed E-state index contributed by atoms with van der Waals surface area (Å²) < 4.78 is 0. The van der Waals surface area contributed by atoms with Gasteiger partial charge in [0.05, 0.1) is 0 Å². The maximum absolute atomic E-state index is 6.21. The lowest BCUT2D eigenvalue weighted by atomic mass is 10.0. The highest BCUT2D eigenvalue weighted by molar-refractivity contribution is 6.34. The molecule has 0 atom stereocenters. The molecule has 0 fully saturated rings. The molecule has 1 aromatic carbocycles. The molecule has 0 N–H and O–H groups in total. The first-order valence-electron chi connectivity index (χ1n) is 6.85. The van der Waals surface area contributed by atoms with E-state index in [-0.39, 0.29) is 0 Å². The van der Waals surface area contributed by atoms with Crippen LogP contribution in [0, 0.1) is 0 Å². The van der Waals surface area contributed by atoms with E-state index in [2.05, 4.69) is 42.9 Å². The number of hydrogen-bond donors (Lipinski definition) is 0. The third-order valence-electron chi connectivity index (χ3n) is 3.24. The molecule has 0 unspecified atom stereocenters. The van der Waals surface area contributed by atoms with Gasteiger partial charge in [0.25, 0.3) is 0 Å². The first-order chi connectivity index (χ1) is 9.52. The molecule has 2 nitrogen and oxygen atoms in total. The molecule has 0 aliphatic heterocycles. The molecule has 0 saturated carbocycles. The summed E-state index contributed by atoms with van der Waals surface area (Å²) >= 11 is 12.4. The van der Waals surface area contributed by atoms with Crippen molar-refractivity contribution in [1.29, 1.82) is 0 Å². The minimum atomic E-state index is 0.454. The van der Waals surface area contributed by atoms with Gasteiger partial charge in [0, 0.05) is 11.1 Å². The molecule has 0 spiro atoms. The predicted octanol–water partition coefficient (Wildman–Crippen LogP) is 5.53. The molecule has 0 aliphatic rings. The molecule has 106 valence electrons. The number of aromatic nitrogens is 2. The minimum absolute atomic E-state index is 0.454. The van der Waals surface area contributed by atoms with E-state index in [1.165, 1.54) is 5.56 Å². The zero-order chi connectivity index (χ0) is 14.7. The molecule has 2 rings (SSSR count). The Bertz CT molecular complexity index is 569. The van der Waals surface area contributed by atoms with Crippen molar-refractivity contribution in [2.45, 2.75) is 39.5 Å². The monoisotopic (exact) mass is 308 g/mol. The normalized spacial score (nSPS) is 11.1. The Morgan fingerprint density at radius 2 is 1.55 bits per heavy atom. The van der Waals surface area contributed by atoms with E-state index in [0.29, 0.717) is 22.0 Å². The first-order valence-corrected chi connectivity index (χ1v) is 7.60. The van der Waals surface area contributed by atoms with Gasteiger partial charge in [0.1, 0.15) is 10.3 Å². The van der Waals surface area contributed by atoms with Gasteiger partial charge in [-0.3, -0.25) is 0 Å². The minimum Gasteiger partial charge on any atom is -0.216 e. The fourth-order valence-corrected chi connectivity index (χ4v) is 2.61. The molecule has 20 heavy (non-hydrogen) atoms. The van der Waals surface area contributed by atoms with Crippen molar-refractivity contribution in [1.82, 2.24) is 9.97 Å². The summed E-state index contributed by atoms with van der Waals surface area (Å²) in [6.45, 7) is 6.41. The molecule has 1 heterocycles. The molecule has 0 bridgehead atoms. The van der Waals surface area contributed by atoms with Gasteiger partial charge >= 0.3 is 0 Å². The number of hydrogen-bond acceptors (Lipinski definition) is 2. The largest absolute Gasteiger partial charge is 0.216 e. The van der Waals surface area contributed by atoms with E-state index in [9.17, 15) is 0 Å². The lowest BCUT2D eigenvalue weighted by Crippen LogP contribution is -1.98. The van der Waals surface area contributed by atoms with Crippen LogP contribution in [-0.4, -0.2) is 9.97 Å². The molecule has 0 saturated heterocycles. The highest BCUT2D eigenvalue weighted by Gasteiger charge is 2.12. The van der Waals surface area contributed by atoms with E-state index >= 15 is 0 Å². The first kappa shape index (κ1) is 15.3. The summed E-state index contributed by atoms with van der Waals surface area (Å²) in [5.74, 6) is 1.08. The van der Waals surface area contributed by atoms with E-state index < -0.39 is 0 Å². The maximum Gasteiger partial charge on any atom is 0.162 e. The van der Waals surface area contributed by atoms with Crippen LogP contribution in [0.1, 0.15) is 44.2 Å². The lowest BCUT2D eigenvalue weighted by molar-refractivity contribution is 0.866. The Morgan fingerprint density at radius 1 is 1.00 bits per heavy atom. The zero-order valence-corrected chi connectivity index (χ0v) is 13.5. The van der Waals surface area contributed by atoms with Crippen LogP contribution in [0.25, 0.3) is 11.4 Å². The van der Waals surface area contributed by atoms with Crippen LogP contribution < -0.4 is 0 Å². The molecule has 4 heteroatoms. The summed E-state index contributed by atoms with van der Waals surface area (Å²) in [5.41, 5.74) is 3.05. The van der Waals surface area contributed by atoms with Crippen molar-refractivity contribution >= 4 is 23.2 Å². The molecular weight excluding hydrogens is 291 g/mol. The summed E-state index contributed by atoms with van der Waals surface area (Å²) in [6.07, 6.45) is 1.76. The van der Waals surface area contributed by atoms with Crippen molar-refractivity contribution in [3.63, 3.8) is 0 Å². The van der Waals surface area contributed by atoms with Crippen LogP contribution in [0.2, 0.25) is 10.3 Å². The zero-order valence-electron chi connectivity index (χ0n) is 12.0. The Kier molecular flexibility index (Phi) is 5.00. The van der Waals surface area contributed by atoms with Gasteiger partial charge in [-0.15, -0.1) is 0 Å². The Morgan fingerprint density at radius 3 is 2.00 bits per heavy atom. The van der Waals surface area contributed by atoms with Crippen LogP contribution in [0.4, 0.5) is 0 Å². The van der Waals surface area contributed by atoms with Crippen molar-refractivity contribution in [2.75, 3.05) is 0 Å². The van der Waals surface area contributed by atoms with Gasteiger partial charge in [-0.2, -0.15) is 0 Å². The van der Waals surface area contributed by atoms with Crippen LogP contribution in [0.15, 0.2) is 24.3 Å². The molecule has 2 aromatic rings. The summed E-state index contributed by atoms with van der Waals surface area (Å²) in [5, 5.41) is 0.907. The second-order valence-corrected chi connectivity index (χ2v) is 5.85. The fraction of sp³-hybridized carbons (Fsp3) is 0.375. The van der Waals surface area contributed by atoms with E-state index in [4.69, 9.17) is 23.2 Å².